The van der Waals surface area contributed by atoms with E-state index in [1.165, 1.54) is 12.1 Å². The predicted molar refractivity (Wildman–Crippen MR) is 122 cm³/mol. The second kappa shape index (κ2) is 9.33. The highest BCUT2D eigenvalue weighted by molar-refractivity contribution is 7.92. The molecule has 1 aromatic carbocycles. The summed E-state index contributed by atoms with van der Waals surface area (Å²) < 4.78 is 47.9. The highest BCUT2D eigenvalue weighted by Crippen LogP contribution is 2.35. The Morgan fingerprint density at radius 2 is 1.72 bits per heavy atom. The molecule has 0 amide bonds. The van der Waals surface area contributed by atoms with Gasteiger partial charge >= 0.3 is 0 Å². The van der Waals surface area contributed by atoms with Crippen LogP contribution in [0.25, 0.3) is 0 Å². The summed E-state index contributed by atoms with van der Waals surface area (Å²) in [7, 11) is -3.99. The Labute approximate surface area is 190 Å². The molecule has 0 aliphatic carbocycles. The van der Waals surface area contributed by atoms with Gasteiger partial charge in [-0.3, -0.25) is 9.48 Å². The summed E-state index contributed by atoms with van der Waals surface area (Å²) in [5.41, 5.74) is 2.97. The van der Waals surface area contributed by atoms with Crippen LogP contribution in [0, 0.1) is 5.82 Å². The summed E-state index contributed by atoms with van der Waals surface area (Å²) in [6.45, 7) is 12.0. The third-order valence-electron chi connectivity index (χ3n) is 5.77. The van der Waals surface area contributed by atoms with Gasteiger partial charge < -0.3 is 4.74 Å². The maximum absolute atomic E-state index is 14.2. The van der Waals surface area contributed by atoms with Crippen LogP contribution in [0.1, 0.15) is 88.2 Å². The van der Waals surface area contributed by atoms with E-state index in [0.29, 0.717) is 13.0 Å². The number of carbonyl (C=O) groups is 1. The third kappa shape index (κ3) is 4.90. The van der Waals surface area contributed by atoms with Crippen molar-refractivity contribution in [2.24, 2.45) is 0 Å². The number of ether oxygens (including phenoxy) is 1. The summed E-state index contributed by atoms with van der Waals surface area (Å²) in [6, 6.07) is 2.87. The molecule has 0 spiro atoms. The van der Waals surface area contributed by atoms with Gasteiger partial charge in [0.05, 0.1) is 12.3 Å². The van der Waals surface area contributed by atoms with E-state index in [0.717, 1.165) is 28.8 Å². The number of hydrogen-bond donors (Lipinski definition) is 0. The van der Waals surface area contributed by atoms with Crippen molar-refractivity contribution < 1.29 is 22.3 Å². The zero-order valence-corrected chi connectivity index (χ0v) is 20.6. The Morgan fingerprint density at radius 3 is 2.25 bits per heavy atom. The molecule has 32 heavy (non-hydrogen) atoms. The number of rotatable bonds is 8. The van der Waals surface area contributed by atoms with Crippen molar-refractivity contribution in [2.75, 3.05) is 12.4 Å². The summed E-state index contributed by atoms with van der Waals surface area (Å²) in [5, 5.41) is 4.18. The number of Topliss-reactive ketones (excluding diaryl/α,β-unsaturated/α-hetero) is 1. The quantitative estimate of drug-likeness (QED) is 0.563. The van der Waals surface area contributed by atoms with Crippen LogP contribution in [0.4, 0.5) is 4.39 Å². The molecule has 0 fully saturated rings. The fraction of sp³-hybridized carbons (Fsp3) is 0.583. The van der Waals surface area contributed by atoms with Gasteiger partial charge in [-0.2, -0.15) is 5.10 Å². The molecule has 2 aromatic rings. The number of carbonyl (C=O) groups excluding carboxylic acids is 1. The summed E-state index contributed by atoms with van der Waals surface area (Å²) in [4.78, 5) is 13.0. The van der Waals surface area contributed by atoms with Gasteiger partial charge in [-0.1, -0.05) is 27.7 Å². The molecule has 0 radical (unpaired) electrons. The van der Waals surface area contributed by atoms with Gasteiger partial charge in [0, 0.05) is 12.5 Å². The number of ketones is 1. The molecular formula is C24H33FN2O4S. The van der Waals surface area contributed by atoms with Crippen LogP contribution in [0.3, 0.4) is 0 Å². The van der Waals surface area contributed by atoms with Gasteiger partial charge in [-0.05, 0) is 67.3 Å². The molecule has 3 rings (SSSR count). The first-order valence-corrected chi connectivity index (χ1v) is 12.9. The van der Waals surface area contributed by atoms with Crippen molar-refractivity contribution in [3.63, 3.8) is 0 Å². The van der Waals surface area contributed by atoms with Crippen LogP contribution in [0.2, 0.25) is 0 Å². The molecule has 1 aromatic heterocycles. The van der Waals surface area contributed by atoms with Crippen LogP contribution < -0.4 is 4.74 Å². The van der Waals surface area contributed by atoms with Crippen LogP contribution in [0.5, 0.6) is 5.75 Å². The highest BCUT2D eigenvalue weighted by Gasteiger charge is 2.33. The molecule has 176 valence electrons. The van der Waals surface area contributed by atoms with Gasteiger partial charge in [0.15, 0.2) is 11.5 Å². The second-order valence-electron chi connectivity index (χ2n) is 9.42. The van der Waals surface area contributed by atoms with E-state index >= 15 is 0 Å². The lowest BCUT2D eigenvalue weighted by Crippen LogP contribution is -2.21. The van der Waals surface area contributed by atoms with Crippen LogP contribution in [-0.2, 0) is 27.5 Å². The topological polar surface area (TPSA) is 78.3 Å². The van der Waals surface area contributed by atoms with Gasteiger partial charge in [-0.15, -0.1) is 0 Å². The minimum atomic E-state index is -3.99. The third-order valence-corrected chi connectivity index (χ3v) is 7.33. The molecule has 8 heteroatoms. The van der Waals surface area contributed by atoms with Crippen molar-refractivity contribution in [1.29, 1.82) is 0 Å². The zero-order chi connectivity index (χ0) is 23.8. The summed E-state index contributed by atoms with van der Waals surface area (Å²) in [5.74, 6) is -1.15. The molecule has 0 unspecified atom stereocenters. The number of sulfone groups is 1. The van der Waals surface area contributed by atoms with Crippen LogP contribution in [0.15, 0.2) is 17.2 Å². The number of aromatic nitrogens is 2. The molecule has 1 aliphatic rings. The summed E-state index contributed by atoms with van der Waals surface area (Å²) in [6.07, 6.45) is 1.42. The van der Waals surface area contributed by atoms with Crippen molar-refractivity contribution in [2.45, 2.75) is 83.7 Å². The normalized spacial score (nSPS) is 14.2. The molecule has 0 bridgehead atoms. The van der Waals surface area contributed by atoms with Crippen LogP contribution in [-0.4, -0.2) is 36.3 Å². The predicted octanol–water partition coefficient (Wildman–Crippen LogP) is 4.76. The molecule has 0 saturated carbocycles. The number of halogens is 1. The second-order valence-corrected chi connectivity index (χ2v) is 11.3. The van der Waals surface area contributed by atoms with E-state index in [9.17, 15) is 17.6 Å². The van der Waals surface area contributed by atoms with Crippen molar-refractivity contribution >= 4 is 15.6 Å². The maximum atomic E-state index is 14.2. The number of benzene rings is 1. The summed E-state index contributed by atoms with van der Waals surface area (Å²) >= 11 is 0. The van der Waals surface area contributed by atoms with Crippen molar-refractivity contribution in [1.82, 2.24) is 9.78 Å². The van der Waals surface area contributed by atoms with Gasteiger partial charge in [-0.25, -0.2) is 12.8 Å². The monoisotopic (exact) mass is 464 g/mol. The Kier molecular flexibility index (Phi) is 7.12. The first-order chi connectivity index (χ1) is 14.9. The number of nitrogens with zero attached hydrogens (tertiary/aromatic N) is 2. The average Bonchev–Trinajstić information content (AvgIpc) is 3.09. The van der Waals surface area contributed by atoms with E-state index in [-0.39, 0.29) is 40.9 Å². The molecule has 6 nitrogen and oxygen atoms in total. The lowest BCUT2D eigenvalue weighted by atomic mass is 9.86. The Bertz CT molecular complexity index is 1090. The minimum absolute atomic E-state index is 0.00441. The largest absolute Gasteiger partial charge is 0.489 e. The fourth-order valence-electron chi connectivity index (χ4n) is 4.29. The fourth-order valence-corrected chi connectivity index (χ4v) is 5.63. The molecule has 0 N–H and O–H groups in total. The van der Waals surface area contributed by atoms with E-state index in [4.69, 9.17) is 4.74 Å². The standard InChI is InChI=1S/C24H33FN2O4S/c1-14(2)19-10-17(25)11-20(15(3)4)21(19)12-18(28)13-32(29,30)24-23-22(8-7-9-31-23)27(26-24)16(5)6/h10-11,14-16H,7-9,12-13H2,1-6H3. The number of hydrogen-bond acceptors (Lipinski definition) is 5. The Hall–Kier alpha value is -2.22. The van der Waals surface area contributed by atoms with Crippen molar-refractivity contribution in [3.8, 4) is 5.75 Å². The highest BCUT2D eigenvalue weighted by atomic mass is 32.2. The first kappa shape index (κ1) is 24.4. The SMILES string of the molecule is CC(C)c1cc(F)cc(C(C)C)c1CC(=O)CS(=O)(=O)c1nn(C(C)C)c2c1OCCC2. The molecule has 1 aliphatic heterocycles. The lowest BCUT2D eigenvalue weighted by molar-refractivity contribution is -0.116. The molecule has 0 saturated heterocycles. The minimum Gasteiger partial charge on any atom is -0.489 e. The van der Waals surface area contributed by atoms with Crippen LogP contribution >= 0.6 is 0 Å². The first-order valence-electron chi connectivity index (χ1n) is 11.2. The Morgan fingerprint density at radius 1 is 1.12 bits per heavy atom. The molecule has 2 heterocycles. The zero-order valence-electron chi connectivity index (χ0n) is 19.7. The maximum Gasteiger partial charge on any atom is 0.219 e. The Balaban J connectivity index is 1.94. The van der Waals surface area contributed by atoms with Gasteiger partial charge in [0.2, 0.25) is 14.9 Å². The van der Waals surface area contributed by atoms with E-state index < -0.39 is 21.4 Å². The van der Waals surface area contributed by atoms with Crippen molar-refractivity contribution in [3.05, 3.63) is 40.3 Å². The van der Waals surface area contributed by atoms with Gasteiger partial charge in [0.25, 0.3) is 0 Å². The smallest absolute Gasteiger partial charge is 0.219 e. The molecular weight excluding hydrogens is 431 g/mol. The number of fused-ring (bicyclic) bond motifs is 1. The molecule has 0 atom stereocenters. The average molecular weight is 465 g/mol. The lowest BCUT2D eigenvalue weighted by Gasteiger charge is -2.20. The van der Waals surface area contributed by atoms with Gasteiger partial charge in [0.1, 0.15) is 11.6 Å². The van der Waals surface area contributed by atoms with E-state index in [1.54, 1.807) is 4.68 Å². The van der Waals surface area contributed by atoms with E-state index in [1.807, 2.05) is 41.5 Å². The van der Waals surface area contributed by atoms with E-state index in [2.05, 4.69) is 5.10 Å².